The van der Waals surface area contributed by atoms with Crippen LogP contribution in [-0.2, 0) is 20.2 Å². The first-order valence-corrected chi connectivity index (χ1v) is 8.04. The fourth-order valence-corrected chi connectivity index (χ4v) is 2.50. The van der Waals surface area contributed by atoms with Gasteiger partial charge in [-0.15, -0.1) is 0 Å². The van der Waals surface area contributed by atoms with Crippen LogP contribution in [0, 0.1) is 0 Å². The number of nitrogens with zero attached hydrogens (tertiary/aromatic N) is 4. The van der Waals surface area contributed by atoms with Crippen LogP contribution in [0.3, 0.4) is 0 Å². The minimum absolute atomic E-state index is 0.416. The highest BCUT2D eigenvalue weighted by Gasteiger charge is 2.08. The fourth-order valence-electron chi connectivity index (χ4n) is 2.29. The summed E-state index contributed by atoms with van der Waals surface area (Å²) < 4.78 is 12.9. The smallest absolute Gasteiger partial charge is 0.242 e. The standard InChI is InChI=1S/C17H18ClN5O2/c1-23-17(20-21-22-23)19-10-12-6-7-15(16(9-12)24-2)25-11-13-4-3-5-14(18)8-13/h3-9H,10-11H2,1-2H3,(H,19,20,22). The SMILES string of the molecule is COc1cc(CNc2nnnn2C)ccc1OCc1cccc(Cl)c1. The van der Waals surface area contributed by atoms with E-state index in [9.17, 15) is 0 Å². The van der Waals surface area contributed by atoms with Gasteiger partial charge in [0.25, 0.3) is 0 Å². The van der Waals surface area contributed by atoms with Crippen LogP contribution in [0.4, 0.5) is 5.95 Å². The van der Waals surface area contributed by atoms with Crippen LogP contribution >= 0.6 is 11.6 Å². The molecule has 25 heavy (non-hydrogen) atoms. The number of aromatic nitrogens is 4. The second-order valence-electron chi connectivity index (χ2n) is 5.38. The second-order valence-corrected chi connectivity index (χ2v) is 5.82. The number of aryl methyl sites for hydroxylation is 1. The van der Waals surface area contributed by atoms with Crippen molar-refractivity contribution < 1.29 is 9.47 Å². The van der Waals surface area contributed by atoms with Gasteiger partial charge in [-0.25, -0.2) is 4.68 Å². The summed E-state index contributed by atoms with van der Waals surface area (Å²) in [5, 5.41) is 15.1. The molecular formula is C17H18ClN5O2. The van der Waals surface area contributed by atoms with Gasteiger partial charge in [-0.05, 0) is 45.8 Å². The van der Waals surface area contributed by atoms with Crippen LogP contribution < -0.4 is 14.8 Å². The molecule has 0 atom stereocenters. The highest BCUT2D eigenvalue weighted by atomic mass is 35.5. The molecule has 0 radical (unpaired) electrons. The molecule has 0 bridgehead atoms. The van der Waals surface area contributed by atoms with E-state index in [2.05, 4.69) is 20.8 Å². The molecule has 130 valence electrons. The normalized spacial score (nSPS) is 10.5. The lowest BCUT2D eigenvalue weighted by molar-refractivity contribution is 0.284. The van der Waals surface area contributed by atoms with Crippen molar-refractivity contribution in [2.45, 2.75) is 13.2 Å². The molecule has 0 aliphatic rings. The molecule has 1 N–H and O–H groups in total. The molecule has 0 unspecified atom stereocenters. The third-order valence-electron chi connectivity index (χ3n) is 3.58. The minimum Gasteiger partial charge on any atom is -0.493 e. The molecule has 0 spiro atoms. The van der Waals surface area contributed by atoms with E-state index in [4.69, 9.17) is 21.1 Å². The van der Waals surface area contributed by atoms with Crippen LogP contribution in [-0.4, -0.2) is 27.3 Å². The van der Waals surface area contributed by atoms with E-state index in [1.165, 1.54) is 0 Å². The monoisotopic (exact) mass is 359 g/mol. The molecule has 2 aromatic carbocycles. The van der Waals surface area contributed by atoms with Crippen LogP contribution in [0.25, 0.3) is 0 Å². The molecule has 0 saturated heterocycles. The molecule has 0 aliphatic carbocycles. The molecule has 8 heteroatoms. The molecule has 0 saturated carbocycles. The maximum absolute atomic E-state index is 5.99. The van der Waals surface area contributed by atoms with Crippen molar-refractivity contribution >= 4 is 17.5 Å². The van der Waals surface area contributed by atoms with Gasteiger partial charge in [0.15, 0.2) is 11.5 Å². The van der Waals surface area contributed by atoms with E-state index in [1.807, 2.05) is 42.5 Å². The Morgan fingerprint density at radius 2 is 2.00 bits per heavy atom. The highest BCUT2D eigenvalue weighted by Crippen LogP contribution is 2.29. The van der Waals surface area contributed by atoms with Crippen molar-refractivity contribution in [1.29, 1.82) is 0 Å². The maximum atomic E-state index is 5.99. The second kappa shape index (κ2) is 7.85. The summed E-state index contributed by atoms with van der Waals surface area (Å²) >= 11 is 5.99. The molecule has 1 heterocycles. The van der Waals surface area contributed by atoms with Crippen molar-refractivity contribution in [2.75, 3.05) is 12.4 Å². The number of tetrazole rings is 1. The first kappa shape index (κ1) is 17.0. The summed E-state index contributed by atoms with van der Waals surface area (Å²) in [5.41, 5.74) is 2.02. The average Bonchev–Trinajstić information content (AvgIpc) is 3.03. The Labute approximate surface area is 150 Å². The largest absolute Gasteiger partial charge is 0.493 e. The Bertz CT molecular complexity index is 853. The van der Waals surface area contributed by atoms with Gasteiger partial charge in [0.05, 0.1) is 7.11 Å². The van der Waals surface area contributed by atoms with Gasteiger partial charge in [-0.2, -0.15) is 0 Å². The van der Waals surface area contributed by atoms with Crippen LogP contribution in [0.1, 0.15) is 11.1 Å². The lowest BCUT2D eigenvalue weighted by atomic mass is 10.2. The quantitative estimate of drug-likeness (QED) is 0.698. The maximum Gasteiger partial charge on any atom is 0.242 e. The molecule has 1 aromatic heterocycles. The molecule has 0 fully saturated rings. The van der Waals surface area contributed by atoms with Crippen molar-refractivity contribution in [3.05, 3.63) is 58.6 Å². The number of hydrogen-bond acceptors (Lipinski definition) is 6. The summed E-state index contributed by atoms with van der Waals surface area (Å²) in [6.45, 7) is 0.984. The van der Waals surface area contributed by atoms with Gasteiger partial charge in [0.2, 0.25) is 5.95 Å². The van der Waals surface area contributed by atoms with E-state index in [0.717, 1.165) is 11.1 Å². The fraction of sp³-hybridized carbons (Fsp3) is 0.235. The summed E-state index contributed by atoms with van der Waals surface area (Å²) in [4.78, 5) is 0. The van der Waals surface area contributed by atoms with E-state index in [0.29, 0.717) is 35.6 Å². The van der Waals surface area contributed by atoms with E-state index >= 15 is 0 Å². The van der Waals surface area contributed by atoms with Crippen LogP contribution in [0.15, 0.2) is 42.5 Å². The summed E-state index contributed by atoms with van der Waals surface area (Å²) in [6, 6.07) is 13.3. The van der Waals surface area contributed by atoms with Gasteiger partial charge in [0.1, 0.15) is 6.61 Å². The zero-order chi connectivity index (χ0) is 17.6. The van der Waals surface area contributed by atoms with E-state index in [1.54, 1.807) is 18.8 Å². The van der Waals surface area contributed by atoms with Crippen LogP contribution in [0.2, 0.25) is 5.02 Å². The van der Waals surface area contributed by atoms with Crippen molar-refractivity contribution in [2.24, 2.45) is 7.05 Å². The Hall–Kier alpha value is -2.80. The number of methoxy groups -OCH3 is 1. The number of rotatable bonds is 7. The van der Waals surface area contributed by atoms with E-state index in [-0.39, 0.29) is 0 Å². The van der Waals surface area contributed by atoms with Gasteiger partial charge in [-0.1, -0.05) is 34.9 Å². The third-order valence-corrected chi connectivity index (χ3v) is 3.82. The number of nitrogens with one attached hydrogen (secondary N) is 1. The summed E-state index contributed by atoms with van der Waals surface area (Å²) in [5.74, 6) is 1.93. The summed E-state index contributed by atoms with van der Waals surface area (Å²) in [6.07, 6.45) is 0. The average molecular weight is 360 g/mol. The first-order chi connectivity index (χ1) is 12.2. The Morgan fingerprint density at radius 1 is 1.12 bits per heavy atom. The van der Waals surface area contributed by atoms with Crippen LogP contribution in [0.5, 0.6) is 11.5 Å². The molecule has 0 amide bonds. The lowest BCUT2D eigenvalue weighted by Crippen LogP contribution is -2.06. The number of hydrogen-bond donors (Lipinski definition) is 1. The molecular weight excluding hydrogens is 342 g/mol. The van der Waals surface area contributed by atoms with E-state index < -0.39 is 0 Å². The van der Waals surface area contributed by atoms with Crippen molar-refractivity contribution in [1.82, 2.24) is 20.2 Å². The highest BCUT2D eigenvalue weighted by molar-refractivity contribution is 6.30. The Kier molecular flexibility index (Phi) is 5.35. The zero-order valence-corrected chi connectivity index (χ0v) is 14.7. The molecule has 7 nitrogen and oxygen atoms in total. The topological polar surface area (TPSA) is 74.1 Å². The molecule has 0 aliphatic heterocycles. The number of halogens is 1. The predicted molar refractivity (Wildman–Crippen MR) is 94.9 cm³/mol. The number of anilines is 1. The van der Waals surface area contributed by atoms with Gasteiger partial charge < -0.3 is 14.8 Å². The molecule has 3 rings (SSSR count). The first-order valence-electron chi connectivity index (χ1n) is 7.66. The summed E-state index contributed by atoms with van der Waals surface area (Å²) in [7, 11) is 3.39. The Balaban J connectivity index is 1.65. The number of ether oxygens (including phenoxy) is 2. The lowest BCUT2D eigenvalue weighted by Gasteiger charge is -2.13. The van der Waals surface area contributed by atoms with Gasteiger partial charge >= 0.3 is 0 Å². The van der Waals surface area contributed by atoms with Gasteiger partial charge in [-0.3, -0.25) is 0 Å². The van der Waals surface area contributed by atoms with Crippen molar-refractivity contribution in [3.63, 3.8) is 0 Å². The van der Waals surface area contributed by atoms with Crippen molar-refractivity contribution in [3.8, 4) is 11.5 Å². The Morgan fingerprint density at radius 3 is 2.72 bits per heavy atom. The minimum atomic E-state index is 0.416. The zero-order valence-electron chi connectivity index (χ0n) is 13.9. The third kappa shape index (κ3) is 4.39. The number of benzene rings is 2. The predicted octanol–water partition coefficient (Wildman–Crippen LogP) is 3.06. The van der Waals surface area contributed by atoms with Gasteiger partial charge in [0, 0.05) is 18.6 Å². The molecule has 3 aromatic rings.